The number of aromatic nitrogens is 4. The van der Waals surface area contributed by atoms with Gasteiger partial charge in [-0.2, -0.15) is 4.37 Å². The number of hydrogen-bond acceptors (Lipinski definition) is 10. The molecule has 5 aromatic rings. The van der Waals surface area contributed by atoms with Crippen LogP contribution < -0.4 is 15.4 Å². The average molecular weight is 628 g/mol. The maximum Gasteiger partial charge on any atom is 0.208 e. The van der Waals surface area contributed by atoms with E-state index in [0.717, 1.165) is 57.9 Å². The molecule has 0 aliphatic carbocycles. The first-order valence-corrected chi connectivity index (χ1v) is 13.8. The zero-order chi connectivity index (χ0) is 23.5. The molecule has 2 N–H and O–H groups in total. The Labute approximate surface area is 251 Å². The third kappa shape index (κ3) is 7.06. The highest BCUT2D eigenvalue weighted by molar-refractivity contribution is 7.99. The van der Waals surface area contributed by atoms with Crippen molar-refractivity contribution in [1.82, 2.24) is 24.6 Å². The van der Waals surface area contributed by atoms with Crippen molar-refractivity contribution >= 4 is 93.0 Å². The minimum absolute atomic E-state index is 0. The van der Waals surface area contributed by atoms with Crippen LogP contribution in [-0.2, 0) is 0 Å². The Hall–Kier alpha value is -2.18. The van der Waals surface area contributed by atoms with Gasteiger partial charge in [0.1, 0.15) is 11.6 Å². The Balaban J connectivity index is 0.00000133. The Kier molecular flexibility index (Phi) is 11.4. The zero-order valence-corrected chi connectivity index (χ0v) is 24.8. The van der Waals surface area contributed by atoms with Gasteiger partial charge in [0.15, 0.2) is 11.6 Å². The van der Waals surface area contributed by atoms with Gasteiger partial charge in [-0.1, -0.05) is 30.0 Å². The van der Waals surface area contributed by atoms with Crippen molar-refractivity contribution in [1.29, 1.82) is 0 Å². The predicted octanol–water partition coefficient (Wildman–Crippen LogP) is 7.96. The van der Waals surface area contributed by atoms with Gasteiger partial charge in [0, 0.05) is 45.7 Å². The predicted molar refractivity (Wildman–Crippen MR) is 164 cm³/mol. The Morgan fingerprint density at radius 2 is 1.82 bits per heavy atom. The van der Waals surface area contributed by atoms with E-state index in [9.17, 15) is 0 Å². The quantitative estimate of drug-likeness (QED) is 0.188. The van der Waals surface area contributed by atoms with Crippen molar-refractivity contribution in [3.05, 3.63) is 72.1 Å². The van der Waals surface area contributed by atoms with Crippen LogP contribution in [0.2, 0.25) is 0 Å². The molecule has 1 aliphatic rings. The molecule has 0 atom stereocenters. The number of pyridine rings is 2. The lowest BCUT2D eigenvalue weighted by atomic mass is 9.98. The van der Waals surface area contributed by atoms with E-state index in [1.807, 2.05) is 60.9 Å². The highest BCUT2D eigenvalue weighted by atomic mass is 35.5. The highest BCUT2D eigenvalue weighted by Crippen LogP contribution is 2.39. The first-order chi connectivity index (χ1) is 17.3. The molecule has 1 saturated heterocycles. The van der Waals surface area contributed by atoms with Crippen molar-refractivity contribution in [3.63, 3.8) is 0 Å². The smallest absolute Gasteiger partial charge is 0.208 e. The molecule has 13 heteroatoms. The SMILES string of the molecule is Cl.Cl.Cl.c1ccc(Oc2cc(Sc3ccnc4ccsc34)cnc2Nc2nc(C3CCNCC3)ns2)cc1. The number of thiophene rings is 1. The second kappa shape index (κ2) is 14.3. The molecule has 7 nitrogen and oxygen atoms in total. The molecular formula is C25H25Cl3N6OS3. The average Bonchev–Trinajstić information content (AvgIpc) is 3.57. The number of fused-ring (bicyclic) bond motifs is 1. The van der Waals surface area contributed by atoms with Crippen molar-refractivity contribution in [2.24, 2.45) is 0 Å². The van der Waals surface area contributed by atoms with Crippen LogP contribution in [0, 0.1) is 0 Å². The van der Waals surface area contributed by atoms with Crippen molar-refractivity contribution in [3.8, 4) is 11.5 Å². The molecule has 1 aliphatic heterocycles. The molecule has 0 amide bonds. The summed E-state index contributed by atoms with van der Waals surface area (Å²) < 4.78 is 12.0. The fourth-order valence-electron chi connectivity index (χ4n) is 3.96. The maximum atomic E-state index is 6.26. The fourth-order valence-corrected chi connectivity index (χ4v) is 6.49. The zero-order valence-electron chi connectivity index (χ0n) is 19.9. The molecule has 4 aromatic heterocycles. The largest absolute Gasteiger partial charge is 0.453 e. The first-order valence-electron chi connectivity index (χ1n) is 11.4. The number of halogens is 3. The lowest BCUT2D eigenvalue weighted by Crippen LogP contribution is -2.27. The number of hydrogen-bond donors (Lipinski definition) is 2. The van der Waals surface area contributed by atoms with Crippen LogP contribution in [0.5, 0.6) is 11.5 Å². The standard InChI is InChI=1S/C25H22N6OS3.3ClH/c1-2-4-17(5-3-1)32-20-14-18(34-21-8-12-27-19-9-13-33-22(19)21)15-28-24(20)30-25-29-23(31-35-25)16-6-10-26-11-7-16;;;/h1-5,8-9,12-16,26H,6-7,10-11H2,(H,28,29,30,31);3*1H. The molecule has 5 heterocycles. The molecule has 0 spiro atoms. The van der Waals surface area contributed by atoms with Crippen LogP contribution in [0.25, 0.3) is 10.2 Å². The van der Waals surface area contributed by atoms with Gasteiger partial charge in [0.25, 0.3) is 0 Å². The second-order valence-electron chi connectivity index (χ2n) is 8.09. The molecule has 0 bridgehead atoms. The number of para-hydroxylation sites is 1. The first kappa shape index (κ1) is 30.4. The van der Waals surface area contributed by atoms with Gasteiger partial charge in [-0.25, -0.2) is 9.97 Å². The van der Waals surface area contributed by atoms with Gasteiger partial charge in [0.05, 0.1) is 10.2 Å². The van der Waals surface area contributed by atoms with Crippen molar-refractivity contribution in [2.75, 3.05) is 18.4 Å². The minimum Gasteiger partial charge on any atom is -0.453 e. The third-order valence-electron chi connectivity index (χ3n) is 5.71. The van der Waals surface area contributed by atoms with E-state index in [1.165, 1.54) is 16.2 Å². The Morgan fingerprint density at radius 1 is 1.00 bits per heavy atom. The summed E-state index contributed by atoms with van der Waals surface area (Å²) in [5, 5.41) is 9.53. The summed E-state index contributed by atoms with van der Waals surface area (Å²) in [6.45, 7) is 2.02. The van der Waals surface area contributed by atoms with Gasteiger partial charge in [-0.15, -0.1) is 48.6 Å². The molecule has 0 unspecified atom stereocenters. The molecule has 38 heavy (non-hydrogen) atoms. The van der Waals surface area contributed by atoms with E-state index in [-0.39, 0.29) is 37.2 Å². The summed E-state index contributed by atoms with van der Waals surface area (Å²) in [4.78, 5) is 16.0. The van der Waals surface area contributed by atoms with E-state index >= 15 is 0 Å². The molecular weight excluding hydrogens is 603 g/mol. The van der Waals surface area contributed by atoms with Crippen LogP contribution in [0.3, 0.4) is 0 Å². The topological polar surface area (TPSA) is 84.9 Å². The molecule has 1 fully saturated rings. The number of anilines is 2. The van der Waals surface area contributed by atoms with Crippen LogP contribution >= 0.6 is 71.9 Å². The van der Waals surface area contributed by atoms with Gasteiger partial charge in [0.2, 0.25) is 5.13 Å². The molecule has 200 valence electrons. The van der Waals surface area contributed by atoms with E-state index in [1.54, 1.807) is 23.1 Å². The Morgan fingerprint density at radius 3 is 2.63 bits per heavy atom. The van der Waals surface area contributed by atoms with Crippen LogP contribution in [0.4, 0.5) is 10.9 Å². The van der Waals surface area contributed by atoms with Gasteiger partial charge >= 0.3 is 0 Å². The normalized spacial score (nSPS) is 13.2. The van der Waals surface area contributed by atoms with E-state index in [2.05, 4.69) is 25.4 Å². The maximum absolute atomic E-state index is 6.26. The van der Waals surface area contributed by atoms with Crippen LogP contribution in [0.15, 0.2) is 76.1 Å². The number of ether oxygens (including phenoxy) is 1. The monoisotopic (exact) mass is 626 g/mol. The minimum atomic E-state index is 0. The summed E-state index contributed by atoms with van der Waals surface area (Å²) in [5.41, 5.74) is 1.01. The van der Waals surface area contributed by atoms with Gasteiger partial charge in [-0.3, -0.25) is 4.98 Å². The third-order valence-corrected chi connectivity index (χ3v) is 8.44. The van der Waals surface area contributed by atoms with Gasteiger partial charge in [-0.05, 0) is 55.6 Å². The summed E-state index contributed by atoms with van der Waals surface area (Å²) >= 11 is 4.71. The van der Waals surface area contributed by atoms with Gasteiger partial charge < -0.3 is 15.4 Å². The van der Waals surface area contributed by atoms with E-state index in [4.69, 9.17) is 14.7 Å². The summed E-state index contributed by atoms with van der Waals surface area (Å²) in [7, 11) is 0. The van der Waals surface area contributed by atoms with Crippen LogP contribution in [-0.4, -0.2) is 32.4 Å². The van der Waals surface area contributed by atoms with Crippen LogP contribution in [0.1, 0.15) is 24.6 Å². The molecule has 1 aromatic carbocycles. The summed E-state index contributed by atoms with van der Waals surface area (Å²) in [6, 6.07) is 15.8. The lowest BCUT2D eigenvalue weighted by molar-refractivity contribution is 0.448. The molecule has 0 radical (unpaired) electrons. The molecule has 6 rings (SSSR count). The van der Waals surface area contributed by atoms with E-state index < -0.39 is 0 Å². The van der Waals surface area contributed by atoms with Crippen molar-refractivity contribution in [2.45, 2.75) is 28.6 Å². The Bertz CT molecular complexity index is 1450. The number of piperidine rings is 1. The van der Waals surface area contributed by atoms with E-state index in [0.29, 0.717) is 17.5 Å². The number of benzene rings is 1. The highest BCUT2D eigenvalue weighted by Gasteiger charge is 2.20. The second-order valence-corrected chi connectivity index (χ2v) is 10.9. The summed E-state index contributed by atoms with van der Waals surface area (Å²) in [5.74, 6) is 3.31. The number of nitrogens with zero attached hydrogens (tertiary/aromatic N) is 4. The van der Waals surface area contributed by atoms with Crippen molar-refractivity contribution < 1.29 is 4.74 Å². The lowest BCUT2D eigenvalue weighted by Gasteiger charge is -2.19. The molecule has 0 saturated carbocycles. The fraction of sp³-hybridized carbons (Fsp3) is 0.200. The number of nitrogens with one attached hydrogen (secondary N) is 2. The number of rotatable bonds is 7. The summed E-state index contributed by atoms with van der Waals surface area (Å²) in [6.07, 6.45) is 5.83.